The van der Waals surface area contributed by atoms with Crippen LogP contribution >= 0.6 is 11.8 Å². The summed E-state index contributed by atoms with van der Waals surface area (Å²) < 4.78 is 11.1. The van der Waals surface area contributed by atoms with E-state index in [9.17, 15) is 9.59 Å². The maximum atomic E-state index is 12.7. The first kappa shape index (κ1) is 17.6. The molecule has 7 heteroatoms. The van der Waals surface area contributed by atoms with Crippen LogP contribution in [0.25, 0.3) is 0 Å². The van der Waals surface area contributed by atoms with E-state index in [1.165, 1.54) is 0 Å². The van der Waals surface area contributed by atoms with Gasteiger partial charge in [-0.05, 0) is 24.3 Å². The summed E-state index contributed by atoms with van der Waals surface area (Å²) in [6.07, 6.45) is 0.0865. The Hall–Kier alpha value is -2.25. The van der Waals surface area contributed by atoms with E-state index in [0.717, 1.165) is 10.7 Å². The summed E-state index contributed by atoms with van der Waals surface area (Å²) in [4.78, 5) is 26.6. The Labute approximate surface area is 150 Å². The molecule has 1 atom stereocenters. The molecule has 2 heterocycles. The van der Waals surface area contributed by atoms with Gasteiger partial charge in [-0.15, -0.1) is 11.8 Å². The van der Waals surface area contributed by atoms with Gasteiger partial charge in [0.05, 0.1) is 25.0 Å². The van der Waals surface area contributed by atoms with Crippen molar-refractivity contribution in [2.24, 2.45) is 5.73 Å². The number of thioether (sulfide) groups is 1. The zero-order chi connectivity index (χ0) is 17.6. The number of nitrogens with zero attached hydrogens (tertiary/aromatic N) is 1. The Bertz CT molecular complexity index is 732. The van der Waals surface area contributed by atoms with Gasteiger partial charge in [-0.1, -0.05) is 18.2 Å². The molecule has 132 valence electrons. The van der Waals surface area contributed by atoms with Crippen molar-refractivity contribution in [1.29, 1.82) is 0 Å². The lowest BCUT2D eigenvalue weighted by Gasteiger charge is -2.34. The molecule has 2 N–H and O–H groups in total. The highest BCUT2D eigenvalue weighted by atomic mass is 32.2. The fourth-order valence-electron chi connectivity index (χ4n) is 2.71. The lowest BCUT2D eigenvalue weighted by Crippen LogP contribution is -2.50. The zero-order valence-corrected chi connectivity index (χ0v) is 14.5. The van der Waals surface area contributed by atoms with Crippen molar-refractivity contribution in [2.75, 3.05) is 19.8 Å². The number of carbonyl (C=O) groups is 2. The van der Waals surface area contributed by atoms with Crippen LogP contribution in [0.3, 0.4) is 0 Å². The molecule has 2 aromatic rings. The lowest BCUT2D eigenvalue weighted by molar-refractivity contribution is -0.120. The number of rotatable bonds is 6. The van der Waals surface area contributed by atoms with Crippen molar-refractivity contribution in [3.05, 3.63) is 54.0 Å². The van der Waals surface area contributed by atoms with Crippen LogP contribution in [-0.2, 0) is 15.3 Å². The number of morpholine rings is 1. The van der Waals surface area contributed by atoms with Crippen LogP contribution in [0.5, 0.6) is 0 Å². The number of primary amides is 1. The van der Waals surface area contributed by atoms with Gasteiger partial charge in [0.1, 0.15) is 5.76 Å². The minimum Gasteiger partial charge on any atom is -0.455 e. The van der Waals surface area contributed by atoms with Crippen LogP contribution in [0.2, 0.25) is 0 Å². The molecule has 2 amide bonds. The maximum Gasteiger partial charge on any atom is 0.289 e. The minimum absolute atomic E-state index is 0.0865. The fraction of sp³-hybridized carbons (Fsp3) is 0.333. The van der Waals surface area contributed by atoms with Crippen molar-refractivity contribution in [1.82, 2.24) is 4.90 Å². The third kappa shape index (κ3) is 4.64. The van der Waals surface area contributed by atoms with E-state index in [1.807, 2.05) is 36.4 Å². The van der Waals surface area contributed by atoms with E-state index in [1.54, 1.807) is 22.7 Å². The molecule has 3 rings (SSSR count). The van der Waals surface area contributed by atoms with E-state index in [-0.39, 0.29) is 24.1 Å². The van der Waals surface area contributed by atoms with Crippen molar-refractivity contribution >= 4 is 23.6 Å². The molecule has 0 spiro atoms. The molecular weight excluding hydrogens is 340 g/mol. The van der Waals surface area contributed by atoms with Crippen LogP contribution < -0.4 is 5.73 Å². The Kier molecular flexibility index (Phi) is 5.78. The first-order chi connectivity index (χ1) is 12.1. The summed E-state index contributed by atoms with van der Waals surface area (Å²) in [5.74, 6) is 0.973. The number of nitrogens with two attached hydrogens (primary N) is 1. The standard InChI is InChI=1S/C18H20N2O4S/c19-17(21)10-13-11-23-9-8-20(13)18(22)16-7-6-14(24-16)12-25-15-4-2-1-3-5-15/h1-7,13H,8-12H2,(H2,19,21)/t13-/m0/s1. The highest BCUT2D eigenvalue weighted by Gasteiger charge is 2.30. The topological polar surface area (TPSA) is 85.8 Å². The van der Waals surface area contributed by atoms with Gasteiger partial charge in [0.25, 0.3) is 5.91 Å². The van der Waals surface area contributed by atoms with Gasteiger partial charge in [0, 0.05) is 17.9 Å². The quantitative estimate of drug-likeness (QED) is 0.799. The third-order valence-corrected chi connectivity index (χ3v) is 4.96. The SMILES string of the molecule is NC(=O)C[C@H]1COCCN1C(=O)c1ccc(CSc2ccccc2)o1. The molecule has 1 aromatic carbocycles. The monoisotopic (exact) mass is 360 g/mol. The predicted molar refractivity (Wildman–Crippen MR) is 94.2 cm³/mol. The molecule has 0 bridgehead atoms. The average Bonchev–Trinajstić information content (AvgIpc) is 3.09. The van der Waals surface area contributed by atoms with Crippen LogP contribution in [0.1, 0.15) is 22.7 Å². The van der Waals surface area contributed by atoms with E-state index in [4.69, 9.17) is 14.9 Å². The summed E-state index contributed by atoms with van der Waals surface area (Å²) in [6, 6.07) is 13.1. The largest absolute Gasteiger partial charge is 0.455 e. The third-order valence-electron chi connectivity index (χ3n) is 3.92. The smallest absolute Gasteiger partial charge is 0.289 e. The van der Waals surface area contributed by atoms with Crippen LogP contribution in [0, 0.1) is 0 Å². The van der Waals surface area contributed by atoms with Gasteiger partial charge in [0.2, 0.25) is 5.91 Å². The Balaban J connectivity index is 1.64. The van der Waals surface area contributed by atoms with Crippen LogP contribution in [0.4, 0.5) is 0 Å². The molecule has 0 unspecified atom stereocenters. The molecule has 0 aliphatic carbocycles. The van der Waals surface area contributed by atoms with Crippen LogP contribution in [0.15, 0.2) is 51.8 Å². The number of hydrogen-bond acceptors (Lipinski definition) is 5. The molecule has 1 aliphatic rings. The molecule has 0 radical (unpaired) electrons. The summed E-state index contributed by atoms with van der Waals surface area (Å²) in [5.41, 5.74) is 5.26. The molecule has 1 fully saturated rings. The Morgan fingerprint density at radius 1 is 1.20 bits per heavy atom. The van der Waals surface area contributed by atoms with Crippen LogP contribution in [-0.4, -0.2) is 42.5 Å². The van der Waals surface area contributed by atoms with Crippen molar-refractivity contribution in [3.63, 3.8) is 0 Å². The molecule has 0 saturated carbocycles. The molecular formula is C18H20N2O4S. The minimum atomic E-state index is -0.451. The highest BCUT2D eigenvalue weighted by Crippen LogP contribution is 2.24. The molecule has 25 heavy (non-hydrogen) atoms. The van der Waals surface area contributed by atoms with Gasteiger partial charge < -0.3 is 19.8 Å². The number of ether oxygens (including phenoxy) is 1. The summed E-state index contributed by atoms with van der Waals surface area (Å²) in [5, 5.41) is 0. The van der Waals surface area contributed by atoms with Crippen molar-refractivity contribution in [2.45, 2.75) is 23.1 Å². The second-order valence-electron chi connectivity index (χ2n) is 5.77. The first-order valence-corrected chi connectivity index (χ1v) is 9.05. The average molecular weight is 360 g/mol. The van der Waals surface area contributed by atoms with Crippen molar-refractivity contribution < 1.29 is 18.7 Å². The van der Waals surface area contributed by atoms with Gasteiger partial charge >= 0.3 is 0 Å². The molecule has 1 aliphatic heterocycles. The first-order valence-electron chi connectivity index (χ1n) is 8.07. The number of benzene rings is 1. The van der Waals surface area contributed by atoms with Gasteiger partial charge in [-0.3, -0.25) is 9.59 Å². The number of hydrogen-bond donors (Lipinski definition) is 1. The molecule has 6 nitrogen and oxygen atoms in total. The van der Waals surface area contributed by atoms with Gasteiger partial charge in [0.15, 0.2) is 5.76 Å². The number of carbonyl (C=O) groups excluding carboxylic acids is 2. The fourth-order valence-corrected chi connectivity index (χ4v) is 3.52. The van der Waals surface area contributed by atoms with E-state index in [0.29, 0.717) is 25.5 Å². The summed E-state index contributed by atoms with van der Waals surface area (Å²) in [7, 11) is 0. The maximum absolute atomic E-state index is 12.7. The van der Waals surface area contributed by atoms with Gasteiger partial charge in [-0.25, -0.2) is 0 Å². The summed E-state index contributed by atoms with van der Waals surface area (Å²) >= 11 is 1.64. The predicted octanol–water partition coefficient (Wildman–Crippen LogP) is 2.29. The number of amides is 2. The lowest BCUT2D eigenvalue weighted by atomic mass is 10.1. The highest BCUT2D eigenvalue weighted by molar-refractivity contribution is 7.98. The van der Waals surface area contributed by atoms with E-state index >= 15 is 0 Å². The summed E-state index contributed by atoms with van der Waals surface area (Å²) in [6.45, 7) is 1.18. The van der Waals surface area contributed by atoms with Gasteiger partial charge in [-0.2, -0.15) is 0 Å². The van der Waals surface area contributed by atoms with E-state index in [2.05, 4.69) is 0 Å². The molecule has 1 saturated heterocycles. The normalized spacial score (nSPS) is 17.4. The van der Waals surface area contributed by atoms with Crippen molar-refractivity contribution in [3.8, 4) is 0 Å². The van der Waals surface area contributed by atoms with E-state index < -0.39 is 5.91 Å². The number of furan rings is 1. The molecule has 1 aromatic heterocycles. The second kappa shape index (κ2) is 8.22. The Morgan fingerprint density at radius 3 is 2.76 bits per heavy atom. The zero-order valence-electron chi connectivity index (χ0n) is 13.7. The Morgan fingerprint density at radius 2 is 2.00 bits per heavy atom. The second-order valence-corrected chi connectivity index (χ2v) is 6.81.